The molecule has 2 N–H and O–H groups in total. The monoisotopic (exact) mass is 329 g/mol. The van der Waals surface area contributed by atoms with Crippen molar-refractivity contribution in [1.82, 2.24) is 10.2 Å². The molecule has 1 aromatic rings. The van der Waals surface area contributed by atoms with Crippen LogP contribution in [0.15, 0.2) is 30.3 Å². The minimum absolute atomic E-state index is 0.268. The summed E-state index contributed by atoms with van der Waals surface area (Å²) in [6.45, 7) is 3.74. The molecule has 2 aliphatic rings. The number of nitrogens with one attached hydrogen (secondary N) is 2. The number of amides is 4. The Bertz CT molecular complexity index is 651. The Morgan fingerprint density at radius 3 is 2.50 bits per heavy atom. The summed E-state index contributed by atoms with van der Waals surface area (Å²) in [5.74, 6) is -0.0748. The molecule has 0 unspecified atom stereocenters. The van der Waals surface area contributed by atoms with Gasteiger partial charge in [0.05, 0.1) is 0 Å². The summed E-state index contributed by atoms with van der Waals surface area (Å²) in [6, 6.07) is 7.69. The molecule has 1 heterocycles. The zero-order chi connectivity index (χ0) is 17.3. The van der Waals surface area contributed by atoms with Gasteiger partial charge in [0.1, 0.15) is 11.6 Å². The van der Waals surface area contributed by atoms with E-state index in [0.29, 0.717) is 24.4 Å². The molecule has 1 aromatic carbocycles. The molecule has 1 saturated heterocycles. The number of anilines is 1. The Labute approximate surface area is 141 Å². The molecule has 1 saturated carbocycles. The van der Waals surface area contributed by atoms with Crippen LogP contribution < -0.4 is 10.6 Å². The summed E-state index contributed by atoms with van der Waals surface area (Å²) in [5.41, 5.74) is -0.173. The molecule has 0 bridgehead atoms. The smallest absolute Gasteiger partial charge is 0.324 e. The predicted octanol–water partition coefficient (Wildman–Crippen LogP) is 2.51. The van der Waals surface area contributed by atoms with Crippen molar-refractivity contribution < 1.29 is 14.4 Å². The van der Waals surface area contributed by atoms with Crippen LogP contribution in [0.25, 0.3) is 0 Å². The minimum Gasteiger partial charge on any atom is -0.324 e. The number of imide groups is 1. The predicted molar refractivity (Wildman–Crippen MR) is 90.3 cm³/mol. The van der Waals surface area contributed by atoms with Crippen molar-refractivity contribution >= 4 is 23.5 Å². The highest BCUT2D eigenvalue weighted by molar-refractivity contribution is 6.11. The molecule has 24 heavy (non-hydrogen) atoms. The molecule has 2 fully saturated rings. The van der Waals surface area contributed by atoms with Crippen LogP contribution in [0.3, 0.4) is 0 Å². The Morgan fingerprint density at radius 1 is 1.25 bits per heavy atom. The number of urea groups is 1. The summed E-state index contributed by atoms with van der Waals surface area (Å²) >= 11 is 0. The Balaban J connectivity index is 1.73. The van der Waals surface area contributed by atoms with Crippen LogP contribution in [0.2, 0.25) is 0 Å². The molecule has 128 valence electrons. The second-order valence-electron chi connectivity index (χ2n) is 6.90. The number of hydrogen-bond acceptors (Lipinski definition) is 3. The average molecular weight is 329 g/mol. The summed E-state index contributed by atoms with van der Waals surface area (Å²) in [4.78, 5) is 38.7. The van der Waals surface area contributed by atoms with Crippen molar-refractivity contribution in [3.63, 3.8) is 0 Å². The van der Waals surface area contributed by atoms with Gasteiger partial charge in [-0.15, -0.1) is 0 Å². The minimum atomic E-state index is -0.851. The van der Waals surface area contributed by atoms with Crippen LogP contribution in [-0.4, -0.2) is 34.3 Å². The first-order valence-corrected chi connectivity index (χ1v) is 8.45. The van der Waals surface area contributed by atoms with E-state index in [1.54, 1.807) is 19.1 Å². The number of hydrogen-bond donors (Lipinski definition) is 2. The van der Waals surface area contributed by atoms with Crippen LogP contribution in [0, 0.1) is 5.92 Å². The lowest BCUT2D eigenvalue weighted by molar-refractivity contribution is -0.137. The zero-order valence-electron chi connectivity index (χ0n) is 14.0. The van der Waals surface area contributed by atoms with Gasteiger partial charge in [0, 0.05) is 5.69 Å². The standard InChI is InChI=1S/C18H23N3O3/c1-12-8-10-18(11-9-12)16(23)21(17(24)20-18)13(2)15(22)19-14-6-4-3-5-7-14/h3-7,12-13H,8-11H2,1-2H3,(H,19,22)(H,20,24)/t12?,13-,18?/m1/s1. The van der Waals surface area contributed by atoms with Gasteiger partial charge in [-0.05, 0) is 50.7 Å². The van der Waals surface area contributed by atoms with E-state index in [0.717, 1.165) is 17.7 Å². The average Bonchev–Trinajstić information content (AvgIpc) is 2.81. The molecule has 1 aliphatic carbocycles. The van der Waals surface area contributed by atoms with E-state index >= 15 is 0 Å². The number of rotatable bonds is 3. The maximum atomic E-state index is 12.9. The van der Waals surface area contributed by atoms with Gasteiger partial charge in [0.2, 0.25) is 5.91 Å². The molecular weight excluding hydrogens is 306 g/mol. The second kappa shape index (κ2) is 6.26. The van der Waals surface area contributed by atoms with Gasteiger partial charge in [0.25, 0.3) is 5.91 Å². The van der Waals surface area contributed by atoms with Crippen molar-refractivity contribution in [2.45, 2.75) is 51.1 Å². The largest absolute Gasteiger partial charge is 0.325 e. The first kappa shape index (κ1) is 16.5. The van der Waals surface area contributed by atoms with E-state index in [2.05, 4.69) is 17.6 Å². The van der Waals surface area contributed by atoms with Crippen LogP contribution >= 0.6 is 0 Å². The van der Waals surface area contributed by atoms with Crippen molar-refractivity contribution in [1.29, 1.82) is 0 Å². The third kappa shape index (κ3) is 2.88. The lowest BCUT2D eigenvalue weighted by atomic mass is 9.77. The molecule has 0 radical (unpaired) electrons. The maximum absolute atomic E-state index is 12.9. The molecule has 6 heteroatoms. The van der Waals surface area contributed by atoms with Gasteiger partial charge in [-0.1, -0.05) is 25.1 Å². The summed E-state index contributed by atoms with van der Waals surface area (Å²) < 4.78 is 0. The molecule has 4 amide bonds. The highest BCUT2D eigenvalue weighted by Gasteiger charge is 2.54. The molecule has 0 aromatic heterocycles. The van der Waals surface area contributed by atoms with Gasteiger partial charge in [0.15, 0.2) is 0 Å². The van der Waals surface area contributed by atoms with E-state index in [1.165, 1.54) is 0 Å². The fourth-order valence-corrected chi connectivity index (χ4v) is 3.47. The maximum Gasteiger partial charge on any atom is 0.325 e. The van der Waals surface area contributed by atoms with Crippen LogP contribution in [0.5, 0.6) is 0 Å². The van der Waals surface area contributed by atoms with E-state index in [1.807, 2.05) is 18.2 Å². The van der Waals surface area contributed by atoms with E-state index in [4.69, 9.17) is 0 Å². The van der Waals surface area contributed by atoms with Gasteiger partial charge in [-0.2, -0.15) is 0 Å². The number of nitrogens with zero attached hydrogens (tertiary/aromatic N) is 1. The molecule has 1 atom stereocenters. The normalized spacial score (nSPS) is 27.9. The van der Waals surface area contributed by atoms with Gasteiger partial charge >= 0.3 is 6.03 Å². The molecule has 6 nitrogen and oxygen atoms in total. The summed E-state index contributed by atoms with van der Waals surface area (Å²) in [7, 11) is 0. The number of para-hydroxylation sites is 1. The lowest BCUT2D eigenvalue weighted by Gasteiger charge is -2.34. The second-order valence-corrected chi connectivity index (χ2v) is 6.90. The Hall–Kier alpha value is -2.37. The van der Waals surface area contributed by atoms with Gasteiger partial charge in [-0.3, -0.25) is 9.59 Å². The first-order chi connectivity index (χ1) is 11.4. The third-order valence-electron chi connectivity index (χ3n) is 5.13. The third-order valence-corrected chi connectivity index (χ3v) is 5.13. The number of benzene rings is 1. The Kier molecular flexibility index (Phi) is 4.30. The summed E-state index contributed by atoms with van der Waals surface area (Å²) in [5, 5.41) is 5.59. The van der Waals surface area contributed by atoms with Crippen molar-refractivity contribution in [2.75, 3.05) is 5.32 Å². The highest BCUT2D eigenvalue weighted by Crippen LogP contribution is 2.36. The number of carbonyl (C=O) groups excluding carboxylic acids is 3. The fourth-order valence-electron chi connectivity index (χ4n) is 3.47. The fraction of sp³-hybridized carbons (Fsp3) is 0.500. The molecule has 3 rings (SSSR count). The van der Waals surface area contributed by atoms with Gasteiger partial charge < -0.3 is 10.6 Å². The van der Waals surface area contributed by atoms with E-state index in [9.17, 15) is 14.4 Å². The zero-order valence-corrected chi connectivity index (χ0v) is 14.0. The van der Waals surface area contributed by atoms with Crippen LogP contribution in [-0.2, 0) is 9.59 Å². The number of carbonyl (C=O) groups is 3. The quantitative estimate of drug-likeness (QED) is 0.836. The topological polar surface area (TPSA) is 78.5 Å². The highest BCUT2D eigenvalue weighted by atomic mass is 16.2. The van der Waals surface area contributed by atoms with Crippen molar-refractivity contribution in [3.05, 3.63) is 30.3 Å². The van der Waals surface area contributed by atoms with E-state index < -0.39 is 17.6 Å². The Morgan fingerprint density at radius 2 is 1.88 bits per heavy atom. The summed E-state index contributed by atoms with van der Waals surface area (Å²) in [6.07, 6.45) is 3.10. The lowest BCUT2D eigenvalue weighted by Crippen LogP contribution is -2.51. The first-order valence-electron chi connectivity index (χ1n) is 8.45. The molecular formula is C18H23N3O3. The van der Waals surface area contributed by atoms with Crippen LogP contribution in [0.1, 0.15) is 39.5 Å². The van der Waals surface area contributed by atoms with Crippen molar-refractivity contribution in [2.24, 2.45) is 5.92 Å². The van der Waals surface area contributed by atoms with Gasteiger partial charge in [-0.25, -0.2) is 9.69 Å². The molecule has 1 spiro atoms. The SMILES string of the molecule is CC1CCC2(CC1)NC(=O)N([C@H](C)C(=O)Nc1ccccc1)C2=O. The van der Waals surface area contributed by atoms with Crippen molar-refractivity contribution in [3.8, 4) is 0 Å². The molecule has 1 aliphatic heterocycles. The van der Waals surface area contributed by atoms with E-state index in [-0.39, 0.29) is 11.8 Å². The van der Waals surface area contributed by atoms with Crippen LogP contribution in [0.4, 0.5) is 10.5 Å².